The standard InChI is InChI=1S/C25H30N2O8S2/c1-3-7-20(26)17-10-12-19(13-11-17)35-22(28)15-14-21(18-8-5-4-6-9-18)27(37(33)34)16-25(36-2,23(29)30)24(31)32/h4-6,8-13,21,26,37H,3,7,14-16H2,1-2H3,(H,29,30)(H,31,32)/t21-/m0/s1. The molecule has 3 N–H and O–H groups in total. The summed E-state index contributed by atoms with van der Waals surface area (Å²) in [6.45, 7) is 1.14. The number of hydrogen-bond donors (Lipinski definition) is 4. The van der Waals surface area contributed by atoms with Gasteiger partial charge in [-0.05, 0) is 54.5 Å². The fourth-order valence-electron chi connectivity index (χ4n) is 3.69. The smallest absolute Gasteiger partial charge is 0.332 e. The van der Waals surface area contributed by atoms with Gasteiger partial charge >= 0.3 is 17.9 Å². The minimum absolute atomic E-state index is 0.0743. The molecular formula is C25H30N2O8S2. The molecule has 0 radical (unpaired) electrons. The lowest BCUT2D eigenvalue weighted by Crippen LogP contribution is -2.52. The highest BCUT2D eigenvalue weighted by molar-refractivity contribution is 8.01. The first kappa shape index (κ1) is 30.0. The van der Waals surface area contributed by atoms with Crippen LogP contribution in [0, 0.1) is 5.41 Å². The van der Waals surface area contributed by atoms with Crippen LogP contribution < -0.4 is 4.74 Å². The number of esters is 1. The number of ether oxygens (including phenoxy) is 1. The van der Waals surface area contributed by atoms with Crippen molar-refractivity contribution in [1.29, 1.82) is 5.41 Å². The van der Waals surface area contributed by atoms with Crippen LogP contribution in [0.15, 0.2) is 54.6 Å². The van der Waals surface area contributed by atoms with E-state index in [1.807, 2.05) is 6.92 Å². The Labute approximate surface area is 221 Å². The number of nitrogens with zero attached hydrogens (tertiary/aromatic N) is 1. The Bertz CT molecular complexity index is 1160. The summed E-state index contributed by atoms with van der Waals surface area (Å²) in [5, 5.41) is 27.3. The molecule has 0 unspecified atom stereocenters. The quantitative estimate of drug-likeness (QED) is 0.0856. The normalized spacial score (nSPS) is 12.3. The first-order valence-electron chi connectivity index (χ1n) is 11.4. The number of hydrogen-bond acceptors (Lipinski definition) is 8. The fraction of sp³-hybridized carbons (Fsp3) is 0.360. The van der Waals surface area contributed by atoms with Gasteiger partial charge in [0.1, 0.15) is 5.75 Å². The molecule has 0 bridgehead atoms. The van der Waals surface area contributed by atoms with Gasteiger partial charge in [-0.2, -0.15) is 4.31 Å². The van der Waals surface area contributed by atoms with E-state index in [1.165, 1.54) is 6.26 Å². The minimum Gasteiger partial charge on any atom is -0.480 e. The van der Waals surface area contributed by atoms with Crippen molar-refractivity contribution in [2.45, 2.75) is 43.4 Å². The summed E-state index contributed by atoms with van der Waals surface area (Å²) in [5.41, 5.74) is 1.66. The van der Waals surface area contributed by atoms with Gasteiger partial charge in [0, 0.05) is 12.1 Å². The number of carbonyl (C=O) groups is 3. The molecule has 0 aliphatic rings. The van der Waals surface area contributed by atoms with E-state index in [4.69, 9.17) is 10.1 Å². The van der Waals surface area contributed by atoms with Crippen molar-refractivity contribution in [2.24, 2.45) is 0 Å². The first-order valence-corrected chi connectivity index (χ1v) is 13.8. The number of carboxylic acids is 2. The second kappa shape index (κ2) is 13.9. The van der Waals surface area contributed by atoms with E-state index in [0.717, 1.165) is 16.3 Å². The van der Waals surface area contributed by atoms with E-state index in [-0.39, 0.29) is 18.6 Å². The molecule has 0 aromatic heterocycles. The van der Waals surface area contributed by atoms with Crippen LogP contribution in [0.5, 0.6) is 5.75 Å². The van der Waals surface area contributed by atoms with Gasteiger partial charge in [0.2, 0.25) is 15.6 Å². The molecule has 0 aliphatic carbocycles. The maximum absolute atomic E-state index is 12.6. The molecule has 2 aromatic rings. The number of carboxylic acid groups (broad SMARTS) is 2. The lowest BCUT2D eigenvalue weighted by molar-refractivity contribution is -0.152. The molecule has 10 nitrogen and oxygen atoms in total. The zero-order valence-electron chi connectivity index (χ0n) is 20.5. The highest BCUT2D eigenvalue weighted by Crippen LogP contribution is 2.32. The van der Waals surface area contributed by atoms with Crippen LogP contribution in [-0.4, -0.2) is 64.1 Å². The van der Waals surface area contributed by atoms with Gasteiger partial charge in [-0.1, -0.05) is 43.7 Å². The number of rotatable bonds is 15. The van der Waals surface area contributed by atoms with E-state index >= 15 is 0 Å². The van der Waals surface area contributed by atoms with Crippen molar-refractivity contribution in [3.05, 3.63) is 65.7 Å². The van der Waals surface area contributed by atoms with Crippen LogP contribution in [-0.2, 0) is 25.3 Å². The number of carbonyl (C=O) groups excluding carboxylic acids is 1. The van der Waals surface area contributed by atoms with Crippen molar-refractivity contribution >= 4 is 46.3 Å². The highest BCUT2D eigenvalue weighted by atomic mass is 32.2. The minimum atomic E-state index is -3.42. The maximum Gasteiger partial charge on any atom is 0.332 e. The van der Waals surface area contributed by atoms with Gasteiger partial charge in [-0.3, -0.25) is 14.4 Å². The molecule has 0 heterocycles. The lowest BCUT2D eigenvalue weighted by atomic mass is 10.0. The maximum atomic E-state index is 12.6. The zero-order valence-corrected chi connectivity index (χ0v) is 22.2. The summed E-state index contributed by atoms with van der Waals surface area (Å²) >= 11 is 0.509. The van der Waals surface area contributed by atoms with E-state index < -0.39 is 46.1 Å². The van der Waals surface area contributed by atoms with E-state index in [2.05, 4.69) is 0 Å². The Morgan fingerprint density at radius 3 is 2.11 bits per heavy atom. The average molecular weight is 551 g/mol. The predicted octanol–water partition coefficient (Wildman–Crippen LogP) is 3.38. The molecule has 200 valence electrons. The molecule has 0 saturated carbocycles. The molecule has 0 amide bonds. The largest absolute Gasteiger partial charge is 0.480 e. The van der Waals surface area contributed by atoms with Gasteiger partial charge in [0.25, 0.3) is 0 Å². The Kier molecular flexibility index (Phi) is 11.3. The summed E-state index contributed by atoms with van der Waals surface area (Å²) in [6, 6.07) is 13.8. The molecule has 0 saturated heterocycles. The average Bonchev–Trinajstić information content (AvgIpc) is 2.86. The Balaban J connectivity index is 2.25. The van der Waals surface area contributed by atoms with E-state index in [9.17, 15) is 33.0 Å². The summed E-state index contributed by atoms with van der Waals surface area (Å²) < 4.78 is 28.2. The molecule has 2 aromatic carbocycles. The lowest BCUT2D eigenvalue weighted by Gasteiger charge is -2.32. The van der Waals surface area contributed by atoms with Crippen molar-refractivity contribution in [2.75, 3.05) is 12.8 Å². The number of nitrogens with one attached hydrogen (secondary N) is 1. The van der Waals surface area contributed by atoms with Gasteiger partial charge in [0.15, 0.2) is 0 Å². The van der Waals surface area contributed by atoms with Crippen LogP contribution in [0.2, 0.25) is 0 Å². The Morgan fingerprint density at radius 1 is 1.03 bits per heavy atom. The van der Waals surface area contributed by atoms with Crippen molar-refractivity contribution < 1.29 is 37.8 Å². The first-order chi connectivity index (χ1) is 17.5. The third-order valence-electron chi connectivity index (χ3n) is 5.73. The van der Waals surface area contributed by atoms with Gasteiger partial charge < -0.3 is 20.4 Å². The predicted molar refractivity (Wildman–Crippen MR) is 141 cm³/mol. The van der Waals surface area contributed by atoms with E-state index in [0.29, 0.717) is 29.5 Å². The van der Waals surface area contributed by atoms with Crippen LogP contribution in [0.25, 0.3) is 0 Å². The van der Waals surface area contributed by atoms with Crippen LogP contribution in [0.3, 0.4) is 0 Å². The van der Waals surface area contributed by atoms with Crippen molar-refractivity contribution in [1.82, 2.24) is 4.31 Å². The highest BCUT2D eigenvalue weighted by Gasteiger charge is 2.49. The summed E-state index contributed by atoms with van der Waals surface area (Å²) in [7, 11) is -3.42. The van der Waals surface area contributed by atoms with E-state index in [1.54, 1.807) is 54.6 Å². The monoisotopic (exact) mass is 550 g/mol. The SMILES string of the molecule is CCCC(=N)c1ccc(OC(=O)CC[C@@H](c2ccccc2)N(CC(SC)(C(=O)O)C(=O)O)[SH](=O)=O)cc1. The summed E-state index contributed by atoms with van der Waals surface area (Å²) in [6.07, 6.45) is 2.44. The third-order valence-corrected chi connectivity index (χ3v) is 7.75. The molecule has 0 fully saturated rings. The van der Waals surface area contributed by atoms with Crippen LogP contribution in [0.4, 0.5) is 0 Å². The van der Waals surface area contributed by atoms with Crippen molar-refractivity contribution in [3.63, 3.8) is 0 Å². The third kappa shape index (κ3) is 7.88. The summed E-state index contributed by atoms with van der Waals surface area (Å²) in [4.78, 5) is 36.3. The van der Waals surface area contributed by atoms with Crippen molar-refractivity contribution in [3.8, 4) is 5.75 Å². The number of aliphatic carboxylic acids is 2. The fourth-order valence-corrected chi connectivity index (χ4v) is 5.21. The Morgan fingerprint density at radius 2 is 1.62 bits per heavy atom. The van der Waals surface area contributed by atoms with Crippen LogP contribution >= 0.6 is 11.8 Å². The number of benzene rings is 2. The number of thioether (sulfide) groups is 1. The summed E-state index contributed by atoms with van der Waals surface area (Å²) in [5.74, 6) is -3.75. The molecule has 37 heavy (non-hydrogen) atoms. The second-order valence-corrected chi connectivity index (χ2v) is 10.3. The molecule has 12 heteroatoms. The van der Waals surface area contributed by atoms with Gasteiger partial charge in [0.05, 0.1) is 12.6 Å². The molecular weight excluding hydrogens is 520 g/mol. The van der Waals surface area contributed by atoms with Gasteiger partial charge in [-0.15, -0.1) is 11.8 Å². The molecule has 1 atom stereocenters. The number of thiol groups is 1. The molecule has 2 rings (SSSR count). The second-order valence-electron chi connectivity index (χ2n) is 8.17. The zero-order chi connectivity index (χ0) is 27.6. The van der Waals surface area contributed by atoms with Gasteiger partial charge in [-0.25, -0.2) is 8.42 Å². The molecule has 0 aliphatic heterocycles. The Hall–Kier alpha value is -3.22. The topological polar surface area (TPSA) is 162 Å². The molecule has 0 spiro atoms. The van der Waals surface area contributed by atoms with Crippen LogP contribution in [0.1, 0.15) is 49.8 Å².